The number of carbonyl (C=O) groups is 2. The van der Waals surface area contributed by atoms with Gasteiger partial charge in [0.05, 0.1) is 17.5 Å². The molecular formula is C26H34F3N3O4S. The number of alkyl halides is 3. The van der Waals surface area contributed by atoms with E-state index >= 15 is 0 Å². The monoisotopic (exact) mass is 541 g/mol. The van der Waals surface area contributed by atoms with E-state index in [2.05, 4.69) is 5.32 Å². The average Bonchev–Trinajstić information content (AvgIpc) is 2.78. The van der Waals surface area contributed by atoms with Crippen LogP contribution >= 0.6 is 0 Å². The Kier molecular flexibility index (Phi) is 10.1. The molecule has 2 aromatic carbocycles. The van der Waals surface area contributed by atoms with Crippen LogP contribution in [0.1, 0.15) is 50.3 Å². The third-order valence-electron chi connectivity index (χ3n) is 5.65. The standard InChI is InChI=1S/C26H34F3N3O4S/c1-18(2)30-25(34)20(4)31(17-21-10-6-9-19(3)15-21)24(33)13-8-14-32(37(5,35)36)23-12-7-11-22(16-23)26(27,28)29/h6-7,9-12,15-16,18,20H,8,13-14,17H2,1-5H3,(H,30,34)/t20-/m0/s1. The fourth-order valence-corrected chi connectivity index (χ4v) is 4.79. The lowest BCUT2D eigenvalue weighted by Gasteiger charge is -2.30. The second-order valence-electron chi connectivity index (χ2n) is 9.34. The van der Waals surface area contributed by atoms with Crippen molar-refractivity contribution in [2.45, 2.75) is 65.3 Å². The minimum Gasteiger partial charge on any atom is -0.352 e. The first kappa shape index (κ1) is 30.1. The number of hydrogen-bond donors (Lipinski definition) is 1. The Balaban J connectivity index is 2.22. The predicted molar refractivity (Wildman–Crippen MR) is 137 cm³/mol. The molecule has 1 N–H and O–H groups in total. The lowest BCUT2D eigenvalue weighted by atomic mass is 10.1. The Morgan fingerprint density at radius 3 is 2.24 bits per heavy atom. The quantitative estimate of drug-likeness (QED) is 0.454. The first-order chi connectivity index (χ1) is 17.1. The normalized spacial score (nSPS) is 12.8. The average molecular weight is 542 g/mol. The molecule has 0 aliphatic heterocycles. The lowest BCUT2D eigenvalue weighted by Crippen LogP contribution is -2.49. The highest BCUT2D eigenvalue weighted by atomic mass is 32.2. The topological polar surface area (TPSA) is 86.8 Å². The number of amides is 2. The molecule has 37 heavy (non-hydrogen) atoms. The molecule has 0 aliphatic rings. The van der Waals surface area contributed by atoms with Gasteiger partial charge in [0.2, 0.25) is 21.8 Å². The van der Waals surface area contributed by atoms with Gasteiger partial charge in [-0.05, 0) is 57.9 Å². The summed E-state index contributed by atoms with van der Waals surface area (Å²) >= 11 is 0. The SMILES string of the molecule is Cc1cccc(CN(C(=O)CCCN(c2cccc(C(F)(F)F)c2)S(C)(=O)=O)[C@@H](C)C(=O)NC(C)C)c1. The van der Waals surface area contributed by atoms with Crippen LogP contribution in [-0.2, 0) is 32.3 Å². The van der Waals surface area contributed by atoms with Crippen LogP contribution in [-0.4, -0.2) is 50.0 Å². The van der Waals surface area contributed by atoms with Gasteiger partial charge in [-0.25, -0.2) is 8.42 Å². The van der Waals surface area contributed by atoms with Gasteiger partial charge in [-0.1, -0.05) is 35.9 Å². The number of benzene rings is 2. The van der Waals surface area contributed by atoms with Crippen LogP contribution in [0.15, 0.2) is 48.5 Å². The van der Waals surface area contributed by atoms with Crippen molar-refractivity contribution in [3.05, 3.63) is 65.2 Å². The minimum absolute atomic E-state index is 0.0466. The minimum atomic E-state index is -4.63. The van der Waals surface area contributed by atoms with Crippen molar-refractivity contribution in [1.29, 1.82) is 0 Å². The number of nitrogens with one attached hydrogen (secondary N) is 1. The number of rotatable bonds is 11. The van der Waals surface area contributed by atoms with Crippen LogP contribution in [0.4, 0.5) is 18.9 Å². The van der Waals surface area contributed by atoms with Crippen molar-refractivity contribution in [1.82, 2.24) is 10.2 Å². The summed E-state index contributed by atoms with van der Waals surface area (Å²) in [5, 5.41) is 2.80. The number of sulfonamides is 1. The molecule has 0 saturated heterocycles. The molecule has 0 aromatic heterocycles. The number of aryl methyl sites for hydroxylation is 1. The van der Waals surface area contributed by atoms with Gasteiger partial charge in [0.25, 0.3) is 0 Å². The molecule has 0 aliphatic carbocycles. The maximum absolute atomic E-state index is 13.2. The second-order valence-corrected chi connectivity index (χ2v) is 11.2. The largest absolute Gasteiger partial charge is 0.416 e. The molecule has 0 radical (unpaired) electrons. The van der Waals surface area contributed by atoms with E-state index < -0.39 is 27.8 Å². The van der Waals surface area contributed by atoms with Crippen LogP contribution in [0.3, 0.4) is 0 Å². The van der Waals surface area contributed by atoms with Crippen molar-refractivity contribution in [2.24, 2.45) is 0 Å². The van der Waals surface area contributed by atoms with Crippen molar-refractivity contribution < 1.29 is 31.2 Å². The summed E-state index contributed by atoms with van der Waals surface area (Å²) in [5.41, 5.74) is 0.725. The maximum atomic E-state index is 13.2. The molecule has 1 atom stereocenters. The van der Waals surface area contributed by atoms with E-state index in [1.165, 1.54) is 11.0 Å². The lowest BCUT2D eigenvalue weighted by molar-refractivity contribution is -0.140. The Labute approximate surface area is 216 Å². The molecule has 2 amide bonds. The molecule has 11 heteroatoms. The van der Waals surface area contributed by atoms with E-state index in [0.717, 1.165) is 39.9 Å². The van der Waals surface area contributed by atoms with Crippen LogP contribution in [0, 0.1) is 6.92 Å². The van der Waals surface area contributed by atoms with E-state index in [-0.39, 0.29) is 49.5 Å². The number of hydrogen-bond acceptors (Lipinski definition) is 4. The Morgan fingerprint density at radius 2 is 1.68 bits per heavy atom. The third-order valence-corrected chi connectivity index (χ3v) is 6.84. The molecule has 0 heterocycles. The van der Waals surface area contributed by atoms with Crippen LogP contribution in [0.5, 0.6) is 0 Å². The summed E-state index contributed by atoms with van der Waals surface area (Å²) in [6.07, 6.45) is -3.78. The zero-order valence-corrected chi connectivity index (χ0v) is 22.5. The van der Waals surface area contributed by atoms with Gasteiger partial charge in [-0.15, -0.1) is 0 Å². The van der Waals surface area contributed by atoms with Crippen molar-refractivity contribution in [2.75, 3.05) is 17.1 Å². The molecular weight excluding hydrogens is 507 g/mol. The second kappa shape index (κ2) is 12.4. The molecule has 2 aromatic rings. The van der Waals surface area contributed by atoms with E-state index in [1.807, 2.05) is 45.0 Å². The molecule has 2 rings (SSSR count). The molecule has 204 valence electrons. The number of anilines is 1. The van der Waals surface area contributed by atoms with Crippen molar-refractivity contribution >= 4 is 27.5 Å². The van der Waals surface area contributed by atoms with Gasteiger partial charge >= 0.3 is 6.18 Å². The first-order valence-corrected chi connectivity index (χ1v) is 13.7. The first-order valence-electron chi connectivity index (χ1n) is 11.9. The Hall–Kier alpha value is -3.08. The highest BCUT2D eigenvalue weighted by Gasteiger charge is 2.32. The Morgan fingerprint density at radius 1 is 1.03 bits per heavy atom. The van der Waals surface area contributed by atoms with Crippen LogP contribution in [0.2, 0.25) is 0 Å². The van der Waals surface area contributed by atoms with Crippen molar-refractivity contribution in [3.8, 4) is 0 Å². The molecule has 0 fully saturated rings. The van der Waals surface area contributed by atoms with E-state index in [4.69, 9.17) is 0 Å². The zero-order chi connectivity index (χ0) is 28.0. The smallest absolute Gasteiger partial charge is 0.352 e. The fourth-order valence-electron chi connectivity index (χ4n) is 3.84. The summed E-state index contributed by atoms with van der Waals surface area (Å²) in [4.78, 5) is 27.4. The number of carbonyl (C=O) groups excluding carboxylic acids is 2. The van der Waals surface area contributed by atoms with Gasteiger partial charge in [-0.3, -0.25) is 13.9 Å². The summed E-state index contributed by atoms with van der Waals surface area (Å²) in [7, 11) is -3.92. The highest BCUT2D eigenvalue weighted by molar-refractivity contribution is 7.92. The third kappa shape index (κ3) is 9.07. The van der Waals surface area contributed by atoms with Gasteiger partial charge in [0, 0.05) is 25.6 Å². The van der Waals surface area contributed by atoms with Crippen LogP contribution < -0.4 is 9.62 Å². The molecule has 0 spiro atoms. The zero-order valence-electron chi connectivity index (χ0n) is 21.7. The summed E-state index contributed by atoms with van der Waals surface area (Å²) in [5.74, 6) is -0.692. The predicted octanol–water partition coefficient (Wildman–Crippen LogP) is 4.50. The summed E-state index contributed by atoms with van der Waals surface area (Å²) < 4.78 is 65.0. The van der Waals surface area contributed by atoms with E-state index in [0.29, 0.717) is 0 Å². The number of nitrogens with zero attached hydrogens (tertiary/aromatic N) is 2. The summed E-state index contributed by atoms with van der Waals surface area (Å²) in [6.45, 7) is 7.14. The highest BCUT2D eigenvalue weighted by Crippen LogP contribution is 2.32. The maximum Gasteiger partial charge on any atom is 0.416 e. The van der Waals surface area contributed by atoms with Crippen LogP contribution in [0.25, 0.3) is 0 Å². The molecule has 0 bridgehead atoms. The number of halogens is 3. The fraction of sp³-hybridized carbons (Fsp3) is 0.462. The van der Waals surface area contributed by atoms with Gasteiger partial charge < -0.3 is 10.2 Å². The molecule has 7 nitrogen and oxygen atoms in total. The molecule has 0 saturated carbocycles. The molecule has 0 unspecified atom stereocenters. The van der Waals surface area contributed by atoms with E-state index in [9.17, 15) is 31.2 Å². The van der Waals surface area contributed by atoms with Gasteiger partial charge in [0.15, 0.2) is 0 Å². The van der Waals surface area contributed by atoms with Crippen molar-refractivity contribution in [3.63, 3.8) is 0 Å². The van der Waals surface area contributed by atoms with E-state index in [1.54, 1.807) is 6.92 Å². The van der Waals surface area contributed by atoms with Gasteiger partial charge in [-0.2, -0.15) is 13.2 Å². The Bertz CT molecular complexity index is 1200. The van der Waals surface area contributed by atoms with Gasteiger partial charge in [0.1, 0.15) is 6.04 Å². The summed E-state index contributed by atoms with van der Waals surface area (Å²) in [6, 6.07) is 10.7.